The monoisotopic (exact) mass is 167 g/mol. The molecule has 2 aliphatic rings. The molecule has 0 amide bonds. The van der Waals surface area contributed by atoms with Gasteiger partial charge in [-0.3, -0.25) is 0 Å². The van der Waals surface area contributed by atoms with Crippen molar-refractivity contribution in [2.24, 2.45) is 11.8 Å². The second-order valence-electron chi connectivity index (χ2n) is 4.91. The van der Waals surface area contributed by atoms with E-state index in [1.807, 2.05) is 0 Å². The maximum Gasteiger partial charge on any atom is 0.00723 e. The lowest BCUT2D eigenvalue weighted by atomic mass is 9.79. The van der Waals surface area contributed by atoms with Crippen molar-refractivity contribution in [2.45, 2.75) is 58.0 Å². The van der Waals surface area contributed by atoms with Gasteiger partial charge < -0.3 is 5.32 Å². The smallest absolute Gasteiger partial charge is 0.00723 e. The zero-order valence-corrected chi connectivity index (χ0v) is 8.34. The highest BCUT2D eigenvalue weighted by Crippen LogP contribution is 2.31. The van der Waals surface area contributed by atoms with Gasteiger partial charge in [0, 0.05) is 12.1 Å². The third-order valence-electron chi connectivity index (χ3n) is 3.65. The van der Waals surface area contributed by atoms with Crippen LogP contribution in [0.4, 0.5) is 0 Å². The fourth-order valence-corrected chi connectivity index (χ4v) is 2.28. The van der Waals surface area contributed by atoms with Gasteiger partial charge in [-0.2, -0.15) is 0 Å². The van der Waals surface area contributed by atoms with Crippen LogP contribution in [0.5, 0.6) is 0 Å². The Morgan fingerprint density at radius 2 is 1.50 bits per heavy atom. The molecule has 0 saturated heterocycles. The van der Waals surface area contributed by atoms with Gasteiger partial charge in [0.2, 0.25) is 0 Å². The van der Waals surface area contributed by atoms with E-state index in [0.717, 1.165) is 23.9 Å². The molecule has 2 saturated carbocycles. The first-order chi connectivity index (χ1) is 5.75. The summed E-state index contributed by atoms with van der Waals surface area (Å²) >= 11 is 0. The number of hydrogen-bond donors (Lipinski definition) is 1. The number of rotatable bonds is 2. The van der Waals surface area contributed by atoms with Gasteiger partial charge in [0.15, 0.2) is 0 Å². The van der Waals surface area contributed by atoms with Gasteiger partial charge in [-0.05, 0) is 43.9 Å². The summed E-state index contributed by atoms with van der Waals surface area (Å²) in [5.74, 6) is 1.90. The van der Waals surface area contributed by atoms with Crippen LogP contribution in [-0.2, 0) is 0 Å². The summed E-state index contributed by atoms with van der Waals surface area (Å²) in [6, 6.07) is 1.75. The average molecular weight is 167 g/mol. The molecule has 0 aliphatic heterocycles. The van der Waals surface area contributed by atoms with Crippen molar-refractivity contribution in [1.29, 1.82) is 0 Å². The fourth-order valence-electron chi connectivity index (χ4n) is 2.28. The van der Waals surface area contributed by atoms with Gasteiger partial charge in [-0.25, -0.2) is 0 Å². The number of hydrogen-bond acceptors (Lipinski definition) is 1. The van der Waals surface area contributed by atoms with Crippen LogP contribution in [0.3, 0.4) is 0 Å². The summed E-state index contributed by atoms with van der Waals surface area (Å²) in [6.07, 6.45) is 7.13. The normalized spacial score (nSPS) is 43.0. The van der Waals surface area contributed by atoms with Crippen molar-refractivity contribution >= 4 is 0 Å². The molecule has 0 bridgehead atoms. The third-order valence-corrected chi connectivity index (χ3v) is 3.65. The molecule has 70 valence electrons. The quantitative estimate of drug-likeness (QED) is 0.666. The standard InChI is InChI=1S/C11H21N/c1-8-3-4-11(7-9(8)2)12-10-5-6-10/h8-12H,3-7H2,1-2H3/t8-,9-,11-/m1/s1. The van der Waals surface area contributed by atoms with Crippen molar-refractivity contribution in [3.05, 3.63) is 0 Å². The first-order valence-corrected chi connectivity index (χ1v) is 5.51. The van der Waals surface area contributed by atoms with Crippen LogP contribution in [0.2, 0.25) is 0 Å². The van der Waals surface area contributed by atoms with Crippen LogP contribution in [0, 0.1) is 11.8 Å². The van der Waals surface area contributed by atoms with E-state index in [1.165, 1.54) is 32.1 Å². The summed E-state index contributed by atoms with van der Waals surface area (Å²) in [5.41, 5.74) is 0. The lowest BCUT2D eigenvalue weighted by Crippen LogP contribution is -2.37. The Labute approximate surface area is 75.9 Å². The van der Waals surface area contributed by atoms with E-state index in [1.54, 1.807) is 0 Å². The van der Waals surface area contributed by atoms with E-state index in [4.69, 9.17) is 0 Å². The Balaban J connectivity index is 1.76. The molecule has 0 unspecified atom stereocenters. The molecule has 2 fully saturated rings. The molecule has 0 heterocycles. The summed E-state index contributed by atoms with van der Waals surface area (Å²) in [5, 5.41) is 3.74. The minimum Gasteiger partial charge on any atom is -0.311 e. The Morgan fingerprint density at radius 3 is 2.08 bits per heavy atom. The molecule has 1 heteroatoms. The van der Waals surface area contributed by atoms with Crippen molar-refractivity contribution in [3.63, 3.8) is 0 Å². The summed E-state index contributed by atoms with van der Waals surface area (Å²) < 4.78 is 0. The van der Waals surface area contributed by atoms with Gasteiger partial charge in [0.1, 0.15) is 0 Å². The van der Waals surface area contributed by atoms with Crippen LogP contribution in [0.1, 0.15) is 46.0 Å². The molecule has 0 aromatic rings. The topological polar surface area (TPSA) is 12.0 Å². The maximum atomic E-state index is 3.74. The Hall–Kier alpha value is -0.0400. The minimum absolute atomic E-state index is 0.851. The Kier molecular flexibility index (Phi) is 2.40. The predicted octanol–water partition coefficient (Wildman–Crippen LogP) is 2.56. The van der Waals surface area contributed by atoms with Crippen LogP contribution in [0.15, 0.2) is 0 Å². The van der Waals surface area contributed by atoms with E-state index in [9.17, 15) is 0 Å². The Morgan fingerprint density at radius 1 is 0.833 bits per heavy atom. The highest BCUT2D eigenvalue weighted by atomic mass is 15.0. The molecule has 12 heavy (non-hydrogen) atoms. The largest absolute Gasteiger partial charge is 0.311 e. The average Bonchev–Trinajstić information content (AvgIpc) is 2.81. The first-order valence-electron chi connectivity index (χ1n) is 5.51. The summed E-state index contributed by atoms with van der Waals surface area (Å²) in [4.78, 5) is 0. The fraction of sp³-hybridized carbons (Fsp3) is 1.00. The summed E-state index contributed by atoms with van der Waals surface area (Å²) in [6.45, 7) is 4.81. The van der Waals surface area contributed by atoms with Crippen LogP contribution < -0.4 is 5.32 Å². The van der Waals surface area contributed by atoms with Gasteiger partial charge in [0.25, 0.3) is 0 Å². The van der Waals surface area contributed by atoms with Gasteiger partial charge in [-0.1, -0.05) is 13.8 Å². The predicted molar refractivity (Wildman–Crippen MR) is 52.1 cm³/mol. The van der Waals surface area contributed by atoms with Gasteiger partial charge in [-0.15, -0.1) is 0 Å². The van der Waals surface area contributed by atoms with Crippen LogP contribution >= 0.6 is 0 Å². The van der Waals surface area contributed by atoms with Crippen molar-refractivity contribution in [1.82, 2.24) is 5.32 Å². The summed E-state index contributed by atoms with van der Waals surface area (Å²) in [7, 11) is 0. The molecule has 1 N–H and O–H groups in total. The van der Waals surface area contributed by atoms with E-state index in [2.05, 4.69) is 19.2 Å². The molecule has 0 spiro atoms. The molecule has 0 radical (unpaired) electrons. The molecular formula is C11H21N. The molecule has 1 nitrogen and oxygen atoms in total. The van der Waals surface area contributed by atoms with E-state index in [0.29, 0.717) is 0 Å². The molecule has 2 aliphatic carbocycles. The second-order valence-corrected chi connectivity index (χ2v) is 4.91. The van der Waals surface area contributed by atoms with Crippen molar-refractivity contribution in [2.75, 3.05) is 0 Å². The molecule has 0 aromatic carbocycles. The molecule has 3 atom stereocenters. The van der Waals surface area contributed by atoms with E-state index >= 15 is 0 Å². The van der Waals surface area contributed by atoms with Crippen LogP contribution in [-0.4, -0.2) is 12.1 Å². The zero-order chi connectivity index (χ0) is 8.55. The van der Waals surface area contributed by atoms with Crippen molar-refractivity contribution in [3.8, 4) is 0 Å². The number of nitrogens with one attached hydrogen (secondary N) is 1. The lowest BCUT2D eigenvalue weighted by Gasteiger charge is -2.32. The van der Waals surface area contributed by atoms with Crippen molar-refractivity contribution < 1.29 is 0 Å². The second kappa shape index (κ2) is 3.37. The molecule has 2 rings (SSSR count). The zero-order valence-electron chi connectivity index (χ0n) is 8.34. The van der Waals surface area contributed by atoms with Gasteiger partial charge in [0.05, 0.1) is 0 Å². The van der Waals surface area contributed by atoms with Crippen LogP contribution in [0.25, 0.3) is 0 Å². The van der Waals surface area contributed by atoms with E-state index in [-0.39, 0.29) is 0 Å². The lowest BCUT2D eigenvalue weighted by molar-refractivity contribution is 0.225. The highest BCUT2D eigenvalue weighted by molar-refractivity contribution is 4.88. The maximum absolute atomic E-state index is 3.74. The van der Waals surface area contributed by atoms with E-state index < -0.39 is 0 Å². The van der Waals surface area contributed by atoms with Gasteiger partial charge >= 0.3 is 0 Å². The Bertz CT molecular complexity index is 151. The first kappa shape index (κ1) is 8.55. The SMILES string of the molecule is C[C@@H]1CC[C@@H](NC2CC2)C[C@H]1C. The third kappa shape index (κ3) is 2.01. The highest BCUT2D eigenvalue weighted by Gasteiger charge is 2.29. The minimum atomic E-state index is 0.851. The molecular weight excluding hydrogens is 146 g/mol. The molecule has 0 aromatic heterocycles.